The van der Waals surface area contributed by atoms with Crippen LogP contribution in [0.1, 0.15) is 335 Å². The van der Waals surface area contributed by atoms with Gasteiger partial charge in [-0.1, -0.05) is 282 Å². The standard InChI is InChI=1S/C70H133N2O7P/c1-7-10-13-16-19-22-25-28-30-32-33-34-35-36-37-38-39-41-43-45-48-51-54-57-60-63-70(74)79-68(61-58-55-52-49-46-27-24-21-18-15-12-9-3)67(66-78-80(75,76)77-65-64-72(4,5)6)71-69(73)62-59-56-53-50-47-44-42-40-31-29-26-23-20-17-14-11-8-2/h20,23,28-31,58,61,67-68H,7-19,21-22,24-27,32-57,59-60,62-66H2,1-6H3,(H-,71,73,75,76)/b23-20-,30-28+,31-29-,61-58-. The molecule has 470 valence electrons. The van der Waals surface area contributed by atoms with E-state index in [9.17, 15) is 19.0 Å². The summed E-state index contributed by atoms with van der Waals surface area (Å²) < 4.78 is 30.4. The number of phosphoric acid groups is 1. The SMILES string of the molecule is CCCCC/C=C\C/C=C\CCCCCCCCCC(=O)NC(COP(=O)([O-])OCC[N+](C)(C)C)C(/C=C\CCCCCCCCCCCC)OC(=O)CCCCCCCCCCCCCCCCC/C=C/CCCCCCCC. The topological polar surface area (TPSA) is 114 Å². The quantitative estimate of drug-likeness (QED) is 0.0212. The lowest BCUT2D eigenvalue weighted by molar-refractivity contribution is -0.870. The third-order valence-corrected chi connectivity index (χ3v) is 16.4. The third-order valence-electron chi connectivity index (χ3n) is 15.5. The van der Waals surface area contributed by atoms with E-state index in [4.69, 9.17) is 13.8 Å². The predicted octanol–water partition coefficient (Wildman–Crippen LogP) is 21.0. The summed E-state index contributed by atoms with van der Waals surface area (Å²) in [6.07, 6.45) is 75.2. The van der Waals surface area contributed by atoms with Gasteiger partial charge < -0.3 is 28.5 Å². The zero-order valence-corrected chi connectivity index (χ0v) is 54.7. The highest BCUT2D eigenvalue weighted by Crippen LogP contribution is 2.38. The maximum absolute atomic E-state index is 13.6. The summed E-state index contributed by atoms with van der Waals surface area (Å²) in [7, 11) is 1.19. The van der Waals surface area contributed by atoms with Crippen molar-refractivity contribution in [2.24, 2.45) is 0 Å². The van der Waals surface area contributed by atoms with Crippen LogP contribution in [0.4, 0.5) is 0 Å². The number of hydrogen-bond donors (Lipinski definition) is 1. The van der Waals surface area contributed by atoms with E-state index in [1.807, 2.05) is 33.3 Å². The van der Waals surface area contributed by atoms with Crippen LogP contribution < -0.4 is 10.2 Å². The first-order chi connectivity index (χ1) is 38.9. The monoisotopic (exact) mass is 1140 g/mol. The normalized spacial score (nSPS) is 13.8. The molecule has 80 heavy (non-hydrogen) atoms. The molecular formula is C70H133N2O7P. The van der Waals surface area contributed by atoms with E-state index >= 15 is 0 Å². The number of phosphoric ester groups is 1. The van der Waals surface area contributed by atoms with Crippen LogP contribution >= 0.6 is 7.82 Å². The summed E-state index contributed by atoms with van der Waals surface area (Å²) in [6.45, 7) is 6.85. The highest BCUT2D eigenvalue weighted by molar-refractivity contribution is 7.45. The molecule has 1 amide bonds. The number of likely N-dealkylation sites (N-methyl/N-ethyl adjacent to an activating group) is 1. The third kappa shape index (κ3) is 60.6. The molecule has 0 saturated heterocycles. The number of esters is 1. The average molecular weight is 1150 g/mol. The first-order valence-corrected chi connectivity index (χ1v) is 35.9. The second-order valence-electron chi connectivity index (χ2n) is 24.7. The molecule has 9 nitrogen and oxygen atoms in total. The summed E-state index contributed by atoms with van der Waals surface area (Å²) in [5, 5.41) is 3.04. The van der Waals surface area contributed by atoms with Gasteiger partial charge >= 0.3 is 5.97 Å². The molecule has 0 aromatic carbocycles. The number of rotatable bonds is 63. The molecule has 0 bridgehead atoms. The molecule has 0 aliphatic carbocycles. The molecule has 3 atom stereocenters. The summed E-state index contributed by atoms with van der Waals surface area (Å²) in [6, 6.07) is -0.891. The van der Waals surface area contributed by atoms with Gasteiger partial charge in [-0.3, -0.25) is 14.2 Å². The first kappa shape index (κ1) is 78.0. The molecule has 0 aromatic rings. The van der Waals surface area contributed by atoms with Gasteiger partial charge in [0.15, 0.2) is 0 Å². The number of quaternary nitrogens is 1. The van der Waals surface area contributed by atoms with E-state index in [2.05, 4.69) is 62.5 Å². The highest BCUT2D eigenvalue weighted by atomic mass is 31.2. The lowest BCUT2D eigenvalue weighted by atomic mass is 10.0. The fraction of sp³-hybridized carbons (Fsp3) is 0.857. The zero-order valence-electron chi connectivity index (χ0n) is 53.8. The molecule has 0 rings (SSSR count). The largest absolute Gasteiger partial charge is 0.756 e. The number of nitrogens with one attached hydrogen (secondary N) is 1. The summed E-state index contributed by atoms with van der Waals surface area (Å²) in [4.78, 5) is 40.1. The first-order valence-electron chi connectivity index (χ1n) is 34.4. The van der Waals surface area contributed by atoms with Crippen LogP contribution in [0, 0.1) is 0 Å². The number of carbonyl (C=O) groups is 2. The molecule has 1 N–H and O–H groups in total. The Morgan fingerprint density at radius 2 is 0.762 bits per heavy atom. The molecule has 10 heteroatoms. The van der Waals surface area contributed by atoms with Crippen LogP contribution in [-0.4, -0.2) is 69.4 Å². The number of hydrogen-bond acceptors (Lipinski definition) is 7. The number of ether oxygens (including phenoxy) is 1. The van der Waals surface area contributed by atoms with Gasteiger partial charge in [0.1, 0.15) is 19.3 Å². The Morgan fingerprint density at radius 1 is 0.438 bits per heavy atom. The Morgan fingerprint density at radius 3 is 1.16 bits per heavy atom. The van der Waals surface area contributed by atoms with Crippen molar-refractivity contribution in [2.75, 3.05) is 40.9 Å². The smallest absolute Gasteiger partial charge is 0.306 e. The Labute approximate surface area is 497 Å². The minimum absolute atomic E-state index is 0.0229. The fourth-order valence-corrected chi connectivity index (χ4v) is 10.9. The van der Waals surface area contributed by atoms with E-state index in [0.717, 1.165) is 77.0 Å². The van der Waals surface area contributed by atoms with Gasteiger partial charge in [-0.05, 0) is 89.5 Å². The number of allylic oxidation sites excluding steroid dienone is 7. The van der Waals surface area contributed by atoms with Gasteiger partial charge in [0.05, 0.1) is 33.8 Å². The number of amides is 1. The van der Waals surface area contributed by atoms with Crippen LogP contribution in [0.25, 0.3) is 0 Å². The molecule has 0 heterocycles. The Hall–Kier alpha value is -2.03. The van der Waals surface area contributed by atoms with Gasteiger partial charge in [0.25, 0.3) is 7.82 Å². The van der Waals surface area contributed by atoms with E-state index in [1.165, 1.54) is 225 Å². The second kappa shape index (κ2) is 60.1. The highest BCUT2D eigenvalue weighted by Gasteiger charge is 2.27. The molecule has 3 unspecified atom stereocenters. The molecule has 0 aliphatic heterocycles. The Balaban J connectivity index is 5.06. The summed E-state index contributed by atoms with van der Waals surface area (Å²) >= 11 is 0. The maximum atomic E-state index is 13.6. The molecule has 0 aliphatic rings. The molecule has 0 fully saturated rings. The minimum Gasteiger partial charge on any atom is -0.756 e. The van der Waals surface area contributed by atoms with E-state index < -0.39 is 20.0 Å². The van der Waals surface area contributed by atoms with Crippen molar-refractivity contribution in [2.45, 2.75) is 348 Å². The number of unbranched alkanes of at least 4 members (excludes halogenated alkanes) is 41. The molecular weight excluding hydrogens is 1010 g/mol. The number of nitrogens with zero attached hydrogens (tertiary/aromatic N) is 1. The van der Waals surface area contributed by atoms with Crippen molar-refractivity contribution in [1.82, 2.24) is 5.32 Å². The van der Waals surface area contributed by atoms with Crippen molar-refractivity contribution in [3.05, 3.63) is 48.6 Å². The Kier molecular flexibility index (Phi) is 58.6. The van der Waals surface area contributed by atoms with Crippen LogP contribution in [0.5, 0.6) is 0 Å². The lowest BCUT2D eigenvalue weighted by Gasteiger charge is -2.30. The van der Waals surface area contributed by atoms with Gasteiger partial charge in [0.2, 0.25) is 5.91 Å². The van der Waals surface area contributed by atoms with Crippen LogP contribution in [0.15, 0.2) is 48.6 Å². The average Bonchev–Trinajstić information content (AvgIpc) is 3.42. The molecule has 0 aromatic heterocycles. The van der Waals surface area contributed by atoms with E-state index in [0.29, 0.717) is 17.4 Å². The summed E-state index contributed by atoms with van der Waals surface area (Å²) in [5.74, 6) is -0.537. The maximum Gasteiger partial charge on any atom is 0.306 e. The molecule has 0 spiro atoms. The van der Waals surface area contributed by atoms with Gasteiger partial charge in [-0.15, -0.1) is 0 Å². The van der Waals surface area contributed by atoms with Crippen molar-refractivity contribution in [1.29, 1.82) is 0 Å². The van der Waals surface area contributed by atoms with E-state index in [1.54, 1.807) is 0 Å². The van der Waals surface area contributed by atoms with E-state index in [-0.39, 0.29) is 31.5 Å². The second-order valence-corrected chi connectivity index (χ2v) is 26.1. The van der Waals surface area contributed by atoms with Crippen LogP contribution in [0.3, 0.4) is 0 Å². The van der Waals surface area contributed by atoms with Crippen molar-refractivity contribution in [3.8, 4) is 0 Å². The Bertz CT molecular complexity index is 1510. The fourth-order valence-electron chi connectivity index (χ4n) is 10.1. The number of carbonyl (C=O) groups excluding carboxylic acids is 2. The van der Waals surface area contributed by atoms with Gasteiger partial charge in [0, 0.05) is 12.8 Å². The molecule has 0 radical (unpaired) electrons. The van der Waals surface area contributed by atoms with Crippen molar-refractivity contribution in [3.63, 3.8) is 0 Å². The van der Waals surface area contributed by atoms with Crippen molar-refractivity contribution < 1.29 is 37.3 Å². The van der Waals surface area contributed by atoms with Crippen molar-refractivity contribution >= 4 is 19.7 Å². The predicted molar refractivity (Wildman–Crippen MR) is 344 cm³/mol. The molecule has 0 saturated carbocycles. The zero-order chi connectivity index (χ0) is 58.6. The van der Waals surface area contributed by atoms with Crippen LogP contribution in [0.2, 0.25) is 0 Å². The van der Waals surface area contributed by atoms with Crippen LogP contribution in [-0.2, 0) is 27.9 Å². The minimum atomic E-state index is -4.70. The van der Waals surface area contributed by atoms with Gasteiger partial charge in [-0.25, -0.2) is 0 Å². The van der Waals surface area contributed by atoms with Gasteiger partial charge in [-0.2, -0.15) is 0 Å². The summed E-state index contributed by atoms with van der Waals surface area (Å²) in [5.41, 5.74) is 0. The lowest BCUT2D eigenvalue weighted by Crippen LogP contribution is -2.47.